The van der Waals surface area contributed by atoms with Crippen LogP contribution in [0.4, 0.5) is 17.2 Å². The Balaban J connectivity index is 1.48. The fraction of sp³-hybridized carbons (Fsp3) is 0.200. The van der Waals surface area contributed by atoms with Crippen LogP contribution in [0.3, 0.4) is 0 Å². The van der Waals surface area contributed by atoms with Gasteiger partial charge in [0.15, 0.2) is 11.5 Å². The van der Waals surface area contributed by atoms with E-state index in [9.17, 15) is 8.42 Å². The van der Waals surface area contributed by atoms with E-state index in [1.54, 1.807) is 43.3 Å². The molecule has 3 aromatic rings. The van der Waals surface area contributed by atoms with Crippen LogP contribution in [0.1, 0.15) is 5.82 Å². The van der Waals surface area contributed by atoms with Gasteiger partial charge in [0.2, 0.25) is 5.88 Å². The lowest BCUT2D eigenvalue weighted by atomic mass is 10.3. The van der Waals surface area contributed by atoms with Gasteiger partial charge in [0, 0.05) is 23.5 Å². The number of sulfonamides is 1. The fourth-order valence-corrected chi connectivity index (χ4v) is 3.96. The summed E-state index contributed by atoms with van der Waals surface area (Å²) in [5.41, 5.74) is 1.16. The van der Waals surface area contributed by atoms with Crippen LogP contribution in [-0.2, 0) is 10.0 Å². The largest absolute Gasteiger partial charge is 0.486 e. The summed E-state index contributed by atoms with van der Waals surface area (Å²) >= 11 is 0. The molecule has 0 spiro atoms. The van der Waals surface area contributed by atoms with Gasteiger partial charge in [-0.1, -0.05) is 0 Å². The third-order valence-electron chi connectivity index (χ3n) is 4.26. The Morgan fingerprint density at radius 2 is 1.63 bits per heavy atom. The molecule has 0 saturated heterocycles. The van der Waals surface area contributed by atoms with Gasteiger partial charge in [-0.25, -0.2) is 13.4 Å². The van der Waals surface area contributed by atoms with Crippen molar-refractivity contribution in [1.82, 2.24) is 9.97 Å². The third-order valence-corrected chi connectivity index (χ3v) is 5.64. The topological polar surface area (TPSA) is 112 Å². The average Bonchev–Trinajstić information content (AvgIpc) is 2.74. The first-order chi connectivity index (χ1) is 14.4. The minimum Gasteiger partial charge on any atom is -0.486 e. The SMILES string of the molecule is COc1cc(Nc2ccc(NS(=O)(=O)c3ccc4c(c3)OCCO4)cc2)nc(C)n1. The molecule has 0 amide bonds. The highest BCUT2D eigenvalue weighted by Gasteiger charge is 2.19. The highest BCUT2D eigenvalue weighted by molar-refractivity contribution is 7.92. The molecule has 0 aliphatic carbocycles. The van der Waals surface area contributed by atoms with Crippen molar-refractivity contribution in [1.29, 1.82) is 0 Å². The number of anilines is 3. The van der Waals surface area contributed by atoms with Crippen molar-refractivity contribution in [3.63, 3.8) is 0 Å². The molecule has 0 radical (unpaired) electrons. The van der Waals surface area contributed by atoms with E-state index in [1.807, 2.05) is 0 Å². The zero-order valence-electron chi connectivity index (χ0n) is 16.4. The first-order valence-corrected chi connectivity index (χ1v) is 10.6. The number of aromatic nitrogens is 2. The molecular weight excluding hydrogens is 408 g/mol. The van der Waals surface area contributed by atoms with E-state index in [4.69, 9.17) is 14.2 Å². The maximum atomic E-state index is 12.7. The monoisotopic (exact) mass is 428 g/mol. The number of rotatable bonds is 6. The highest BCUT2D eigenvalue weighted by atomic mass is 32.2. The molecule has 2 N–H and O–H groups in total. The van der Waals surface area contributed by atoms with Crippen molar-refractivity contribution in [3.05, 3.63) is 54.4 Å². The smallest absolute Gasteiger partial charge is 0.262 e. The average molecular weight is 428 g/mol. The summed E-state index contributed by atoms with van der Waals surface area (Å²) in [5.74, 6) is 2.55. The molecule has 2 aromatic carbocycles. The predicted molar refractivity (Wildman–Crippen MR) is 111 cm³/mol. The van der Waals surface area contributed by atoms with Gasteiger partial charge in [0.05, 0.1) is 12.0 Å². The molecule has 0 bridgehead atoms. The van der Waals surface area contributed by atoms with E-state index in [-0.39, 0.29) is 4.90 Å². The van der Waals surface area contributed by atoms with Crippen molar-refractivity contribution in [3.8, 4) is 17.4 Å². The number of fused-ring (bicyclic) bond motifs is 1. The summed E-state index contributed by atoms with van der Waals surface area (Å²) in [6, 6.07) is 13.0. The lowest BCUT2D eigenvalue weighted by Gasteiger charge is -2.19. The number of nitrogens with one attached hydrogen (secondary N) is 2. The molecule has 156 valence electrons. The molecule has 4 rings (SSSR count). The van der Waals surface area contributed by atoms with Gasteiger partial charge >= 0.3 is 0 Å². The Hall–Kier alpha value is -3.53. The molecule has 9 nitrogen and oxygen atoms in total. The number of aryl methyl sites for hydroxylation is 1. The summed E-state index contributed by atoms with van der Waals surface area (Å²) in [5, 5.41) is 3.14. The van der Waals surface area contributed by atoms with Crippen LogP contribution in [0.2, 0.25) is 0 Å². The Morgan fingerprint density at radius 3 is 2.37 bits per heavy atom. The predicted octanol–water partition coefficient (Wildman–Crippen LogP) is 3.11. The van der Waals surface area contributed by atoms with Gasteiger partial charge in [0.1, 0.15) is 24.9 Å². The van der Waals surface area contributed by atoms with Crippen molar-refractivity contribution in [2.75, 3.05) is 30.4 Å². The van der Waals surface area contributed by atoms with Crippen molar-refractivity contribution in [2.45, 2.75) is 11.8 Å². The third kappa shape index (κ3) is 4.38. The fourth-order valence-electron chi connectivity index (χ4n) is 2.88. The molecule has 0 saturated carbocycles. The van der Waals surface area contributed by atoms with E-state index in [0.29, 0.717) is 47.9 Å². The van der Waals surface area contributed by atoms with Gasteiger partial charge in [-0.2, -0.15) is 4.98 Å². The van der Waals surface area contributed by atoms with Crippen molar-refractivity contribution in [2.24, 2.45) is 0 Å². The van der Waals surface area contributed by atoms with Crippen LogP contribution >= 0.6 is 0 Å². The maximum Gasteiger partial charge on any atom is 0.262 e. The number of methoxy groups -OCH3 is 1. The molecule has 0 unspecified atom stereocenters. The van der Waals surface area contributed by atoms with Crippen molar-refractivity contribution >= 4 is 27.2 Å². The Labute approximate surface area is 174 Å². The van der Waals surface area contributed by atoms with Crippen LogP contribution in [0.25, 0.3) is 0 Å². The second-order valence-corrected chi connectivity index (χ2v) is 8.14. The molecule has 1 aliphatic heterocycles. The second kappa shape index (κ2) is 8.07. The zero-order valence-corrected chi connectivity index (χ0v) is 17.2. The van der Waals surface area contributed by atoms with Crippen LogP contribution in [0, 0.1) is 6.92 Å². The Kier molecular flexibility index (Phi) is 5.32. The van der Waals surface area contributed by atoms with Gasteiger partial charge in [-0.05, 0) is 43.3 Å². The number of nitrogens with zero attached hydrogens (tertiary/aromatic N) is 2. The first-order valence-electron chi connectivity index (χ1n) is 9.12. The molecule has 10 heteroatoms. The molecule has 0 fully saturated rings. The summed E-state index contributed by atoms with van der Waals surface area (Å²) < 4.78 is 44.0. The number of ether oxygens (including phenoxy) is 3. The van der Waals surface area contributed by atoms with Gasteiger partial charge in [0.25, 0.3) is 10.0 Å². The highest BCUT2D eigenvalue weighted by Crippen LogP contribution is 2.33. The lowest BCUT2D eigenvalue weighted by Crippen LogP contribution is -2.17. The summed E-state index contributed by atoms with van der Waals surface area (Å²) in [6.07, 6.45) is 0. The van der Waals surface area contributed by atoms with E-state index in [1.165, 1.54) is 19.2 Å². The van der Waals surface area contributed by atoms with E-state index in [2.05, 4.69) is 20.0 Å². The first kappa shape index (κ1) is 19.8. The van der Waals surface area contributed by atoms with Gasteiger partial charge in [-0.3, -0.25) is 4.72 Å². The van der Waals surface area contributed by atoms with Gasteiger partial charge < -0.3 is 19.5 Å². The second-order valence-electron chi connectivity index (χ2n) is 6.46. The Morgan fingerprint density at radius 1 is 0.933 bits per heavy atom. The van der Waals surface area contributed by atoms with E-state index < -0.39 is 10.0 Å². The summed E-state index contributed by atoms with van der Waals surface area (Å²) in [7, 11) is -2.24. The molecule has 30 heavy (non-hydrogen) atoms. The van der Waals surface area contributed by atoms with E-state index >= 15 is 0 Å². The number of hydrogen-bond acceptors (Lipinski definition) is 8. The minimum absolute atomic E-state index is 0.0949. The summed E-state index contributed by atoms with van der Waals surface area (Å²) in [4.78, 5) is 8.53. The molecule has 1 aromatic heterocycles. The number of hydrogen-bond donors (Lipinski definition) is 2. The van der Waals surface area contributed by atoms with Crippen LogP contribution < -0.4 is 24.2 Å². The molecule has 2 heterocycles. The van der Waals surface area contributed by atoms with E-state index in [0.717, 1.165) is 5.69 Å². The summed E-state index contributed by atoms with van der Waals surface area (Å²) in [6.45, 7) is 2.60. The molecule has 0 atom stereocenters. The molecule has 1 aliphatic rings. The normalized spacial score (nSPS) is 12.9. The lowest BCUT2D eigenvalue weighted by molar-refractivity contribution is 0.171. The standard InChI is InChI=1S/C20H20N4O5S/c1-13-21-19(12-20(22-13)27-2)23-14-3-5-15(6-4-14)24-30(25,26)16-7-8-17-18(11-16)29-10-9-28-17/h3-8,11-12,24H,9-10H2,1-2H3,(H,21,22,23). The van der Waals surface area contributed by atoms with Gasteiger partial charge in [-0.15, -0.1) is 0 Å². The zero-order chi connectivity index (χ0) is 21.1. The Bertz CT molecular complexity index is 1170. The maximum absolute atomic E-state index is 12.7. The van der Waals surface area contributed by atoms with Crippen LogP contribution in [0.5, 0.6) is 17.4 Å². The van der Waals surface area contributed by atoms with Crippen molar-refractivity contribution < 1.29 is 22.6 Å². The van der Waals surface area contributed by atoms with Crippen LogP contribution in [0.15, 0.2) is 53.4 Å². The molecular formula is C20H20N4O5S. The van der Waals surface area contributed by atoms with Crippen LogP contribution in [-0.4, -0.2) is 38.7 Å². The quantitative estimate of drug-likeness (QED) is 0.616. The minimum atomic E-state index is -3.78. The number of benzene rings is 2.